The van der Waals surface area contributed by atoms with Crippen molar-refractivity contribution in [3.63, 3.8) is 0 Å². The largest absolute Gasteiger partial charge is 0.459 e. The molecule has 1 fully saturated rings. The minimum Gasteiger partial charge on any atom is -0.459 e. The summed E-state index contributed by atoms with van der Waals surface area (Å²) in [5, 5.41) is 3.47. The smallest absolute Gasteiger partial charge is 0.320 e. The Kier molecular flexibility index (Phi) is 5.60. The minimum absolute atomic E-state index is 0.130. The molecule has 0 aromatic carbocycles. The molecule has 1 heterocycles. The number of carbonyl (C=O) groups excluding carboxylic acids is 1. The Morgan fingerprint density at radius 3 is 2.56 bits per heavy atom. The van der Waals surface area contributed by atoms with E-state index in [1.54, 1.807) is 0 Å². The topological polar surface area (TPSA) is 41.6 Å². The second-order valence-corrected chi connectivity index (χ2v) is 6.40. The molecular weight excluding hydrogens is 228 g/mol. The van der Waals surface area contributed by atoms with Crippen LogP contribution in [-0.2, 0) is 9.53 Å². The zero-order chi connectivity index (χ0) is 13.8. The van der Waals surface area contributed by atoms with E-state index in [0.717, 1.165) is 13.1 Å². The van der Waals surface area contributed by atoms with Crippen molar-refractivity contribution >= 4 is 5.97 Å². The molecule has 1 aliphatic rings. The van der Waals surface area contributed by atoms with Gasteiger partial charge in [0.05, 0.1) is 6.54 Å². The lowest BCUT2D eigenvalue weighted by atomic mass is 10.2. The number of nitrogens with one attached hydrogen (secondary N) is 1. The third-order valence-electron chi connectivity index (χ3n) is 3.10. The van der Waals surface area contributed by atoms with E-state index in [1.807, 2.05) is 20.8 Å². The molecule has 0 aromatic heterocycles. The van der Waals surface area contributed by atoms with Crippen molar-refractivity contribution in [2.45, 2.75) is 65.1 Å². The third-order valence-corrected chi connectivity index (χ3v) is 3.10. The number of rotatable bonds is 5. The van der Waals surface area contributed by atoms with Gasteiger partial charge in [-0.2, -0.15) is 0 Å². The Morgan fingerprint density at radius 1 is 1.44 bits per heavy atom. The molecule has 1 rings (SSSR count). The first-order valence-corrected chi connectivity index (χ1v) is 6.97. The molecule has 0 aliphatic carbocycles. The molecule has 4 heteroatoms. The molecule has 1 N–H and O–H groups in total. The van der Waals surface area contributed by atoms with Crippen LogP contribution in [0, 0.1) is 0 Å². The summed E-state index contributed by atoms with van der Waals surface area (Å²) in [6.07, 6.45) is 2.45. The SMILES string of the molecule is CC(C)N(CC(=O)OC(C)(C)C)CC1CCCN1. The number of nitrogens with zero attached hydrogens (tertiary/aromatic N) is 1. The molecule has 1 aliphatic heterocycles. The van der Waals surface area contributed by atoms with Gasteiger partial charge in [-0.1, -0.05) is 0 Å². The molecule has 0 amide bonds. The third kappa shape index (κ3) is 5.83. The number of esters is 1. The highest BCUT2D eigenvalue weighted by Gasteiger charge is 2.24. The van der Waals surface area contributed by atoms with Gasteiger partial charge in [-0.15, -0.1) is 0 Å². The van der Waals surface area contributed by atoms with Crippen molar-refractivity contribution in [2.24, 2.45) is 0 Å². The predicted molar refractivity (Wildman–Crippen MR) is 73.6 cm³/mol. The van der Waals surface area contributed by atoms with Gasteiger partial charge in [0.25, 0.3) is 0 Å². The summed E-state index contributed by atoms with van der Waals surface area (Å²) in [5.41, 5.74) is -0.397. The molecule has 0 radical (unpaired) electrons. The standard InChI is InChI=1S/C14H28N2O2/c1-11(2)16(9-12-7-6-8-15-12)10-13(17)18-14(3,4)5/h11-12,15H,6-10H2,1-5H3. The lowest BCUT2D eigenvalue weighted by molar-refractivity contribution is -0.156. The molecule has 0 spiro atoms. The Hall–Kier alpha value is -0.610. The molecule has 0 saturated carbocycles. The average Bonchev–Trinajstić information content (AvgIpc) is 2.66. The number of ether oxygens (including phenoxy) is 1. The minimum atomic E-state index is -0.397. The number of hydrogen-bond acceptors (Lipinski definition) is 4. The second kappa shape index (κ2) is 6.53. The van der Waals surface area contributed by atoms with Gasteiger partial charge in [0.15, 0.2) is 0 Å². The van der Waals surface area contributed by atoms with Gasteiger partial charge < -0.3 is 10.1 Å². The molecule has 1 atom stereocenters. The predicted octanol–water partition coefficient (Wildman–Crippen LogP) is 1.79. The normalized spacial score (nSPS) is 20.7. The first-order chi connectivity index (χ1) is 8.28. The fraction of sp³-hybridized carbons (Fsp3) is 0.929. The summed E-state index contributed by atoms with van der Waals surface area (Å²) < 4.78 is 5.38. The van der Waals surface area contributed by atoms with Crippen LogP contribution in [-0.4, -0.2) is 48.2 Å². The molecule has 18 heavy (non-hydrogen) atoms. The van der Waals surface area contributed by atoms with E-state index in [0.29, 0.717) is 18.6 Å². The van der Waals surface area contributed by atoms with Crippen LogP contribution in [0.25, 0.3) is 0 Å². The number of carbonyl (C=O) groups is 1. The summed E-state index contributed by atoms with van der Waals surface area (Å²) in [5.74, 6) is -0.130. The van der Waals surface area contributed by atoms with E-state index in [9.17, 15) is 4.79 Å². The molecule has 1 saturated heterocycles. The van der Waals surface area contributed by atoms with Crippen molar-refractivity contribution < 1.29 is 9.53 Å². The summed E-state index contributed by atoms with van der Waals surface area (Å²) in [6.45, 7) is 12.4. The summed E-state index contributed by atoms with van der Waals surface area (Å²) >= 11 is 0. The first kappa shape index (κ1) is 15.4. The fourth-order valence-corrected chi connectivity index (χ4v) is 2.19. The highest BCUT2D eigenvalue weighted by atomic mass is 16.6. The van der Waals surface area contributed by atoms with Crippen molar-refractivity contribution in [3.05, 3.63) is 0 Å². The van der Waals surface area contributed by atoms with Gasteiger partial charge in [-0.25, -0.2) is 0 Å². The Bertz CT molecular complexity index is 265. The monoisotopic (exact) mass is 256 g/mol. The van der Waals surface area contributed by atoms with Crippen LogP contribution in [0.15, 0.2) is 0 Å². The highest BCUT2D eigenvalue weighted by Crippen LogP contribution is 2.11. The van der Waals surface area contributed by atoms with Gasteiger partial charge in [-0.05, 0) is 54.0 Å². The second-order valence-electron chi connectivity index (χ2n) is 6.40. The summed E-state index contributed by atoms with van der Waals surface area (Å²) in [6, 6.07) is 0.884. The zero-order valence-electron chi connectivity index (χ0n) is 12.5. The summed E-state index contributed by atoms with van der Waals surface area (Å²) in [7, 11) is 0. The molecule has 106 valence electrons. The quantitative estimate of drug-likeness (QED) is 0.762. The summed E-state index contributed by atoms with van der Waals surface area (Å²) in [4.78, 5) is 14.1. The van der Waals surface area contributed by atoms with Crippen LogP contribution in [0.2, 0.25) is 0 Å². The molecule has 0 bridgehead atoms. The maximum atomic E-state index is 11.9. The van der Waals surface area contributed by atoms with Crippen LogP contribution in [0.3, 0.4) is 0 Å². The molecular formula is C14H28N2O2. The van der Waals surface area contributed by atoms with Crippen molar-refractivity contribution in [1.29, 1.82) is 0 Å². The van der Waals surface area contributed by atoms with Crippen LogP contribution >= 0.6 is 0 Å². The van der Waals surface area contributed by atoms with Gasteiger partial charge in [-0.3, -0.25) is 9.69 Å². The van der Waals surface area contributed by atoms with Crippen LogP contribution in [0.5, 0.6) is 0 Å². The Morgan fingerprint density at radius 2 is 2.11 bits per heavy atom. The van der Waals surface area contributed by atoms with E-state index < -0.39 is 5.60 Å². The van der Waals surface area contributed by atoms with Crippen LogP contribution in [0.1, 0.15) is 47.5 Å². The molecule has 0 aromatic rings. The van der Waals surface area contributed by atoms with Crippen molar-refractivity contribution in [3.8, 4) is 0 Å². The Balaban J connectivity index is 2.44. The zero-order valence-corrected chi connectivity index (χ0v) is 12.5. The van der Waals surface area contributed by atoms with Crippen molar-refractivity contribution in [2.75, 3.05) is 19.6 Å². The fourth-order valence-electron chi connectivity index (χ4n) is 2.19. The van der Waals surface area contributed by atoms with Gasteiger partial charge in [0.1, 0.15) is 5.60 Å². The van der Waals surface area contributed by atoms with E-state index in [-0.39, 0.29) is 5.97 Å². The van der Waals surface area contributed by atoms with Crippen LogP contribution < -0.4 is 5.32 Å². The molecule has 1 unspecified atom stereocenters. The number of hydrogen-bond donors (Lipinski definition) is 1. The van der Waals surface area contributed by atoms with E-state index >= 15 is 0 Å². The molecule has 4 nitrogen and oxygen atoms in total. The van der Waals surface area contributed by atoms with Gasteiger partial charge in [0, 0.05) is 18.6 Å². The van der Waals surface area contributed by atoms with E-state index in [4.69, 9.17) is 4.74 Å². The van der Waals surface area contributed by atoms with Gasteiger partial charge in [0.2, 0.25) is 0 Å². The highest BCUT2D eigenvalue weighted by molar-refractivity contribution is 5.72. The Labute approximate surface area is 111 Å². The maximum Gasteiger partial charge on any atom is 0.320 e. The van der Waals surface area contributed by atoms with E-state index in [1.165, 1.54) is 12.8 Å². The average molecular weight is 256 g/mol. The maximum absolute atomic E-state index is 11.9. The van der Waals surface area contributed by atoms with Crippen molar-refractivity contribution in [1.82, 2.24) is 10.2 Å². The van der Waals surface area contributed by atoms with Crippen LogP contribution in [0.4, 0.5) is 0 Å². The first-order valence-electron chi connectivity index (χ1n) is 6.97. The lowest BCUT2D eigenvalue weighted by Crippen LogP contribution is -2.45. The van der Waals surface area contributed by atoms with E-state index in [2.05, 4.69) is 24.1 Å². The van der Waals surface area contributed by atoms with Gasteiger partial charge >= 0.3 is 5.97 Å². The lowest BCUT2D eigenvalue weighted by Gasteiger charge is -2.29.